The summed E-state index contributed by atoms with van der Waals surface area (Å²) in [5, 5.41) is 12.2. The molecule has 12 heteroatoms. The Morgan fingerprint density at radius 3 is 2.75 bits per heavy atom. The number of nitriles is 1. The minimum Gasteiger partial charge on any atom is -0.377 e. The zero-order valence-corrected chi connectivity index (χ0v) is 21.5. The second-order valence-electron chi connectivity index (χ2n) is 9.41. The van der Waals surface area contributed by atoms with Crippen molar-refractivity contribution >= 4 is 23.2 Å². The molecule has 1 aromatic carbocycles. The number of nitrogen functional groups attached to an aromatic ring is 1. The van der Waals surface area contributed by atoms with Gasteiger partial charge < -0.3 is 16.0 Å². The molecule has 1 aliphatic heterocycles. The summed E-state index contributed by atoms with van der Waals surface area (Å²) in [5.41, 5.74) is 7.52. The molecule has 0 bridgehead atoms. The summed E-state index contributed by atoms with van der Waals surface area (Å²) < 4.78 is 40.9. The Bertz CT molecular complexity index is 1650. The van der Waals surface area contributed by atoms with Gasteiger partial charge in [0.1, 0.15) is 11.6 Å². The third-order valence-electron chi connectivity index (χ3n) is 6.78. The van der Waals surface area contributed by atoms with Gasteiger partial charge >= 0.3 is 6.18 Å². The maximum atomic E-state index is 13.1. The lowest BCUT2D eigenvalue weighted by Gasteiger charge is -2.31. The molecule has 1 unspecified atom stereocenters. The van der Waals surface area contributed by atoms with E-state index in [1.807, 2.05) is 25.1 Å². The molecule has 1 fully saturated rings. The molecule has 40 heavy (non-hydrogen) atoms. The Labute approximate surface area is 227 Å². The fourth-order valence-electron chi connectivity index (χ4n) is 4.99. The van der Waals surface area contributed by atoms with Gasteiger partial charge in [-0.3, -0.25) is 9.20 Å². The molecule has 204 valence electrons. The number of nitrogens with zero attached hydrogens (tertiary/aromatic N) is 6. The second kappa shape index (κ2) is 10.7. The fraction of sp³-hybridized carbons (Fsp3) is 0.250. The van der Waals surface area contributed by atoms with Crippen molar-refractivity contribution in [3.05, 3.63) is 83.5 Å². The molecule has 9 nitrogen and oxygen atoms in total. The number of hydrogen-bond donors (Lipinski definition) is 2. The molecule has 4 heterocycles. The molecule has 0 spiro atoms. The summed E-state index contributed by atoms with van der Waals surface area (Å²) in [5.74, 6) is -0.202. The lowest BCUT2D eigenvalue weighted by molar-refractivity contribution is -0.137. The van der Waals surface area contributed by atoms with Gasteiger partial charge in [0.05, 0.1) is 34.0 Å². The van der Waals surface area contributed by atoms with Gasteiger partial charge in [0.15, 0.2) is 0 Å². The lowest BCUT2D eigenvalue weighted by atomic mass is 9.94. The van der Waals surface area contributed by atoms with E-state index in [1.165, 1.54) is 12.1 Å². The monoisotopic (exact) mass is 546 g/mol. The minimum atomic E-state index is -4.59. The first-order valence-corrected chi connectivity index (χ1v) is 12.6. The first-order chi connectivity index (χ1) is 19.2. The summed E-state index contributed by atoms with van der Waals surface area (Å²) in [6, 6.07) is 9.95. The van der Waals surface area contributed by atoms with E-state index in [4.69, 9.17) is 10.7 Å². The highest BCUT2D eigenvalue weighted by Gasteiger charge is 2.31. The van der Waals surface area contributed by atoms with Gasteiger partial charge in [0.25, 0.3) is 5.91 Å². The molecule has 1 atom stereocenters. The number of likely N-dealkylation sites (tertiary alicyclic amines) is 1. The SMILES string of the molecule is CC=CN1CCCC(c2nc(-c3ccc(C(=O)Nc4cc(C(F)(F)F)ccn4)c(C#N)c3)n3c(N)nccc23)C1. The van der Waals surface area contributed by atoms with E-state index < -0.39 is 17.6 Å². The molecule has 3 aromatic heterocycles. The van der Waals surface area contributed by atoms with Gasteiger partial charge in [-0.25, -0.2) is 15.0 Å². The largest absolute Gasteiger partial charge is 0.416 e. The number of allylic oxidation sites excluding steroid dienone is 1. The van der Waals surface area contributed by atoms with Crippen molar-refractivity contribution in [3.63, 3.8) is 0 Å². The summed E-state index contributed by atoms with van der Waals surface area (Å²) in [4.78, 5) is 28.1. The van der Waals surface area contributed by atoms with Crippen LogP contribution in [0.2, 0.25) is 0 Å². The van der Waals surface area contributed by atoms with Crippen LogP contribution in [0.3, 0.4) is 0 Å². The average Bonchev–Trinajstić information content (AvgIpc) is 3.34. The number of hydrogen-bond acceptors (Lipinski definition) is 7. The van der Waals surface area contributed by atoms with Gasteiger partial charge in [-0.2, -0.15) is 18.4 Å². The van der Waals surface area contributed by atoms with Crippen molar-refractivity contribution in [2.24, 2.45) is 0 Å². The predicted molar refractivity (Wildman–Crippen MR) is 143 cm³/mol. The van der Waals surface area contributed by atoms with Gasteiger partial charge in [-0.15, -0.1) is 0 Å². The van der Waals surface area contributed by atoms with Crippen LogP contribution in [0.15, 0.2) is 61.1 Å². The summed E-state index contributed by atoms with van der Waals surface area (Å²) in [6.07, 6.45) is 4.03. The van der Waals surface area contributed by atoms with Crippen molar-refractivity contribution in [1.29, 1.82) is 5.26 Å². The van der Waals surface area contributed by atoms with E-state index in [-0.39, 0.29) is 28.8 Å². The Morgan fingerprint density at radius 1 is 1.20 bits per heavy atom. The smallest absolute Gasteiger partial charge is 0.377 e. The van der Waals surface area contributed by atoms with Crippen LogP contribution in [0.25, 0.3) is 16.9 Å². The van der Waals surface area contributed by atoms with E-state index in [2.05, 4.69) is 26.4 Å². The standard InChI is InChI=1S/C28H25F3N8O/c1-2-11-38-12-3-4-18(16-38)24-22-8-10-35-27(33)39(22)25(37-24)17-5-6-21(19(13-17)15-32)26(40)36-23-14-20(7-9-34-23)28(29,30)31/h2,5-11,13-14,18H,3-4,12,16H2,1H3,(H2,33,35)(H,34,36,40). The Balaban J connectivity index is 1.50. The number of nitrogens with one attached hydrogen (secondary N) is 1. The number of carbonyl (C=O) groups is 1. The Hall–Kier alpha value is -4.92. The predicted octanol–water partition coefficient (Wildman–Crippen LogP) is 5.23. The first kappa shape index (κ1) is 26.7. The van der Waals surface area contributed by atoms with Crippen LogP contribution in [0.1, 0.15) is 52.9 Å². The minimum absolute atomic E-state index is 0.0136. The summed E-state index contributed by atoms with van der Waals surface area (Å²) in [6.45, 7) is 3.74. The van der Waals surface area contributed by atoms with Crippen LogP contribution in [0.4, 0.5) is 24.9 Å². The maximum absolute atomic E-state index is 13.1. The number of pyridine rings is 1. The number of halogens is 3. The number of carbonyl (C=O) groups excluding carboxylic acids is 1. The van der Waals surface area contributed by atoms with E-state index in [9.17, 15) is 23.2 Å². The van der Waals surface area contributed by atoms with Crippen LogP contribution >= 0.6 is 0 Å². The number of rotatable bonds is 5. The van der Waals surface area contributed by atoms with Crippen LogP contribution in [-0.4, -0.2) is 43.2 Å². The third kappa shape index (κ3) is 5.18. The van der Waals surface area contributed by atoms with E-state index >= 15 is 0 Å². The molecule has 0 aliphatic carbocycles. The number of alkyl halides is 3. The highest BCUT2D eigenvalue weighted by atomic mass is 19.4. The molecule has 5 rings (SSSR count). The van der Waals surface area contributed by atoms with E-state index in [1.54, 1.807) is 16.7 Å². The molecule has 3 N–H and O–H groups in total. The van der Waals surface area contributed by atoms with Crippen molar-refractivity contribution in [1.82, 2.24) is 24.3 Å². The lowest BCUT2D eigenvalue weighted by Crippen LogP contribution is -2.30. The molecule has 0 saturated carbocycles. The number of nitrogens with two attached hydrogens (primary N) is 1. The van der Waals surface area contributed by atoms with Crippen molar-refractivity contribution in [2.45, 2.75) is 31.9 Å². The van der Waals surface area contributed by atoms with Crippen LogP contribution < -0.4 is 11.1 Å². The van der Waals surface area contributed by atoms with Gasteiger partial charge in [0, 0.05) is 37.0 Å². The highest BCUT2D eigenvalue weighted by Crippen LogP contribution is 2.34. The molecular weight excluding hydrogens is 521 g/mol. The zero-order chi connectivity index (χ0) is 28.4. The summed E-state index contributed by atoms with van der Waals surface area (Å²) in [7, 11) is 0. The molecule has 1 saturated heterocycles. The molecule has 0 radical (unpaired) electrons. The Morgan fingerprint density at radius 2 is 2.00 bits per heavy atom. The number of amides is 1. The van der Waals surface area contributed by atoms with Gasteiger partial charge in [-0.1, -0.05) is 12.1 Å². The topological polar surface area (TPSA) is 125 Å². The van der Waals surface area contributed by atoms with Crippen LogP contribution in [-0.2, 0) is 6.18 Å². The maximum Gasteiger partial charge on any atom is 0.416 e. The van der Waals surface area contributed by atoms with Crippen LogP contribution in [0.5, 0.6) is 0 Å². The number of piperidine rings is 1. The number of anilines is 2. The van der Waals surface area contributed by atoms with Crippen molar-refractivity contribution < 1.29 is 18.0 Å². The quantitative estimate of drug-likeness (QED) is 0.351. The number of aromatic nitrogens is 4. The molecule has 1 aliphatic rings. The fourth-order valence-corrected chi connectivity index (χ4v) is 4.99. The third-order valence-corrected chi connectivity index (χ3v) is 6.78. The van der Waals surface area contributed by atoms with Gasteiger partial charge in [0.2, 0.25) is 5.95 Å². The van der Waals surface area contributed by atoms with Crippen molar-refractivity contribution in [3.8, 4) is 17.5 Å². The number of imidazole rings is 1. The normalized spacial score (nSPS) is 15.9. The number of fused-ring (bicyclic) bond motifs is 1. The van der Waals surface area contributed by atoms with E-state index in [0.29, 0.717) is 11.4 Å². The van der Waals surface area contributed by atoms with Crippen molar-refractivity contribution in [2.75, 3.05) is 24.1 Å². The molecule has 1 amide bonds. The highest BCUT2D eigenvalue weighted by molar-refractivity contribution is 6.05. The molecular formula is C28H25F3N8O. The molecule has 4 aromatic rings. The second-order valence-corrected chi connectivity index (χ2v) is 9.41. The summed E-state index contributed by atoms with van der Waals surface area (Å²) >= 11 is 0. The average molecular weight is 547 g/mol. The van der Waals surface area contributed by atoms with E-state index in [0.717, 1.165) is 55.5 Å². The Kier molecular flexibility index (Phi) is 7.13. The van der Waals surface area contributed by atoms with Crippen LogP contribution in [0, 0.1) is 11.3 Å². The first-order valence-electron chi connectivity index (χ1n) is 12.6. The van der Waals surface area contributed by atoms with Gasteiger partial charge in [-0.05, 0) is 56.3 Å². The zero-order valence-electron chi connectivity index (χ0n) is 21.5. The number of benzene rings is 1.